The molecule has 0 fully saturated rings. The summed E-state index contributed by atoms with van der Waals surface area (Å²) in [5, 5.41) is 18.4. The first-order chi connectivity index (χ1) is 16.4. The summed E-state index contributed by atoms with van der Waals surface area (Å²) in [4.78, 5) is 14.3. The number of amides is 1. The van der Waals surface area contributed by atoms with Crippen LogP contribution in [0.2, 0.25) is 0 Å². The summed E-state index contributed by atoms with van der Waals surface area (Å²) in [6.07, 6.45) is 1.76. The van der Waals surface area contributed by atoms with Gasteiger partial charge in [0.2, 0.25) is 5.91 Å². The van der Waals surface area contributed by atoms with Crippen LogP contribution in [0.25, 0.3) is 0 Å². The Morgan fingerprint density at radius 2 is 2.03 bits per heavy atom. The summed E-state index contributed by atoms with van der Waals surface area (Å²) in [5.41, 5.74) is 2.96. The van der Waals surface area contributed by atoms with Gasteiger partial charge >= 0.3 is 0 Å². The Labute approximate surface area is 205 Å². The fourth-order valence-electron chi connectivity index (χ4n) is 3.44. The minimum atomic E-state index is -0.176. The number of para-hydroxylation sites is 1. The van der Waals surface area contributed by atoms with Gasteiger partial charge < -0.3 is 4.74 Å². The molecular formula is C26H29N5O2S. The van der Waals surface area contributed by atoms with Crippen LogP contribution in [0.15, 0.2) is 66.3 Å². The predicted molar refractivity (Wildman–Crippen MR) is 135 cm³/mol. The van der Waals surface area contributed by atoms with E-state index in [9.17, 15) is 10.1 Å². The van der Waals surface area contributed by atoms with Crippen molar-refractivity contribution in [1.29, 1.82) is 5.26 Å². The summed E-state index contributed by atoms with van der Waals surface area (Å²) >= 11 is 1.28. The fourth-order valence-corrected chi connectivity index (χ4v) is 4.28. The number of anilines is 1. The molecule has 0 atom stereocenters. The number of thioether (sulfide) groups is 1. The van der Waals surface area contributed by atoms with Crippen LogP contribution in [-0.2, 0) is 17.9 Å². The van der Waals surface area contributed by atoms with Crippen molar-refractivity contribution in [2.75, 3.05) is 17.2 Å². The lowest BCUT2D eigenvalue weighted by molar-refractivity contribution is -0.116. The molecule has 3 rings (SSSR count). The molecule has 0 aliphatic heterocycles. The number of carbonyl (C=O) groups is 1. The summed E-state index contributed by atoms with van der Waals surface area (Å²) in [5.74, 6) is 1.78. The Morgan fingerprint density at radius 3 is 2.71 bits per heavy atom. The fraction of sp³-hybridized carbons (Fsp3) is 0.308. The van der Waals surface area contributed by atoms with Gasteiger partial charge in [0.05, 0.1) is 11.8 Å². The minimum absolute atomic E-state index is 0.0173. The van der Waals surface area contributed by atoms with E-state index in [0.29, 0.717) is 29.1 Å². The van der Waals surface area contributed by atoms with E-state index in [1.165, 1.54) is 16.7 Å². The third-order valence-corrected chi connectivity index (χ3v) is 6.13. The van der Waals surface area contributed by atoms with Gasteiger partial charge in [-0.15, -0.1) is 16.8 Å². The lowest BCUT2D eigenvalue weighted by atomic mass is 10.0. The number of ether oxygens (including phenoxy) is 1. The van der Waals surface area contributed by atoms with E-state index in [1.54, 1.807) is 6.08 Å². The summed E-state index contributed by atoms with van der Waals surface area (Å²) in [7, 11) is 0. The molecule has 0 bridgehead atoms. The Balaban J connectivity index is 1.73. The van der Waals surface area contributed by atoms with E-state index in [1.807, 2.05) is 47.9 Å². The number of aromatic nitrogens is 3. The van der Waals surface area contributed by atoms with E-state index in [0.717, 1.165) is 16.9 Å². The molecule has 8 heteroatoms. The van der Waals surface area contributed by atoms with Gasteiger partial charge in [-0.05, 0) is 42.2 Å². The molecule has 0 aliphatic rings. The molecule has 0 aliphatic carbocycles. The van der Waals surface area contributed by atoms with E-state index in [4.69, 9.17) is 4.74 Å². The van der Waals surface area contributed by atoms with Crippen LogP contribution in [0.3, 0.4) is 0 Å². The third-order valence-electron chi connectivity index (χ3n) is 5.18. The van der Waals surface area contributed by atoms with Gasteiger partial charge in [-0.25, -0.2) is 0 Å². The Kier molecular flexibility index (Phi) is 8.88. The molecule has 3 aromatic rings. The zero-order valence-electron chi connectivity index (χ0n) is 19.8. The van der Waals surface area contributed by atoms with Crippen molar-refractivity contribution in [3.05, 3.63) is 78.1 Å². The van der Waals surface area contributed by atoms with Crippen molar-refractivity contribution in [3.8, 4) is 11.8 Å². The van der Waals surface area contributed by atoms with Crippen molar-refractivity contribution < 1.29 is 9.53 Å². The number of carbonyl (C=O) groups excluding carboxylic acids is 1. The number of hydrogen-bond donors (Lipinski definition) is 0. The number of nitrogens with zero attached hydrogens (tertiary/aromatic N) is 5. The van der Waals surface area contributed by atoms with Crippen LogP contribution in [-0.4, -0.2) is 33.0 Å². The highest BCUT2D eigenvalue weighted by molar-refractivity contribution is 7.99. The molecule has 7 nitrogen and oxygen atoms in total. The molecule has 176 valence electrons. The molecule has 0 saturated heterocycles. The maximum absolute atomic E-state index is 12.9. The monoisotopic (exact) mass is 475 g/mol. The van der Waals surface area contributed by atoms with Crippen molar-refractivity contribution in [3.63, 3.8) is 0 Å². The Hall–Kier alpha value is -3.57. The van der Waals surface area contributed by atoms with E-state index >= 15 is 0 Å². The number of hydrogen-bond acceptors (Lipinski definition) is 6. The number of nitriles is 1. The SMILES string of the molecule is C=CCn1c(COc2cc(C)ccc2C(C)C)nnc1SCC(=O)N(CC#N)c1ccccc1. The topological polar surface area (TPSA) is 84.0 Å². The van der Waals surface area contributed by atoms with Crippen LogP contribution < -0.4 is 9.64 Å². The number of allylic oxidation sites excluding steroid dienone is 1. The van der Waals surface area contributed by atoms with Crippen LogP contribution in [0.1, 0.15) is 36.7 Å². The quantitative estimate of drug-likeness (QED) is 0.217. The maximum atomic E-state index is 12.9. The van der Waals surface area contributed by atoms with Crippen molar-refractivity contribution in [2.45, 2.75) is 45.0 Å². The molecule has 34 heavy (non-hydrogen) atoms. The van der Waals surface area contributed by atoms with Gasteiger partial charge in [0.25, 0.3) is 0 Å². The van der Waals surface area contributed by atoms with Crippen LogP contribution in [0.4, 0.5) is 5.69 Å². The van der Waals surface area contributed by atoms with Gasteiger partial charge in [-0.3, -0.25) is 14.3 Å². The first-order valence-electron chi connectivity index (χ1n) is 11.1. The average molecular weight is 476 g/mol. The maximum Gasteiger partial charge on any atom is 0.238 e. The number of benzene rings is 2. The Morgan fingerprint density at radius 1 is 1.26 bits per heavy atom. The summed E-state index contributed by atoms with van der Waals surface area (Å²) < 4.78 is 8.04. The van der Waals surface area contributed by atoms with Gasteiger partial charge in [0.1, 0.15) is 18.9 Å². The van der Waals surface area contributed by atoms with E-state index in [2.05, 4.69) is 48.8 Å². The third kappa shape index (κ3) is 6.27. The van der Waals surface area contributed by atoms with E-state index in [-0.39, 0.29) is 24.8 Å². The molecule has 1 heterocycles. The molecule has 0 radical (unpaired) electrons. The standard InChI is InChI=1S/C26H29N5O2S/c1-5-14-31-24(17-33-23-16-20(4)11-12-22(23)19(2)3)28-29-26(31)34-18-25(32)30(15-13-27)21-9-7-6-8-10-21/h5-12,16,19H,1,14-15,17-18H2,2-4H3. The summed E-state index contributed by atoms with van der Waals surface area (Å²) in [6.45, 7) is 10.9. The molecular weight excluding hydrogens is 446 g/mol. The molecule has 0 N–H and O–H groups in total. The zero-order chi connectivity index (χ0) is 24.5. The normalized spacial score (nSPS) is 10.7. The molecule has 0 unspecified atom stereocenters. The Bertz CT molecular complexity index is 1170. The molecule has 1 amide bonds. The first kappa shape index (κ1) is 25.1. The average Bonchev–Trinajstić information content (AvgIpc) is 3.21. The van der Waals surface area contributed by atoms with Crippen molar-refractivity contribution in [1.82, 2.24) is 14.8 Å². The van der Waals surface area contributed by atoms with E-state index < -0.39 is 0 Å². The molecule has 1 aromatic heterocycles. The number of rotatable bonds is 11. The zero-order valence-corrected chi connectivity index (χ0v) is 20.6. The van der Waals surface area contributed by atoms with Crippen LogP contribution in [0, 0.1) is 18.3 Å². The van der Waals surface area contributed by atoms with Crippen LogP contribution in [0.5, 0.6) is 5.75 Å². The molecule has 2 aromatic carbocycles. The van der Waals surface area contributed by atoms with Gasteiger partial charge in [-0.2, -0.15) is 5.26 Å². The second-order valence-electron chi connectivity index (χ2n) is 8.04. The first-order valence-corrected chi connectivity index (χ1v) is 12.0. The highest BCUT2D eigenvalue weighted by atomic mass is 32.2. The highest BCUT2D eigenvalue weighted by Gasteiger charge is 2.19. The number of aryl methyl sites for hydroxylation is 1. The van der Waals surface area contributed by atoms with Crippen molar-refractivity contribution >= 4 is 23.4 Å². The minimum Gasteiger partial charge on any atom is -0.485 e. The molecule has 0 spiro atoms. The van der Waals surface area contributed by atoms with Gasteiger partial charge in [-0.1, -0.05) is 62.0 Å². The summed E-state index contributed by atoms with van der Waals surface area (Å²) in [6, 6.07) is 17.4. The predicted octanol–water partition coefficient (Wildman–Crippen LogP) is 5.12. The highest BCUT2D eigenvalue weighted by Crippen LogP contribution is 2.28. The smallest absolute Gasteiger partial charge is 0.238 e. The van der Waals surface area contributed by atoms with Crippen molar-refractivity contribution in [2.24, 2.45) is 0 Å². The second kappa shape index (κ2) is 12.1. The van der Waals surface area contributed by atoms with Crippen LogP contribution >= 0.6 is 11.8 Å². The molecule has 0 saturated carbocycles. The lowest BCUT2D eigenvalue weighted by Gasteiger charge is -2.19. The van der Waals surface area contributed by atoms with Gasteiger partial charge in [0.15, 0.2) is 11.0 Å². The van der Waals surface area contributed by atoms with Gasteiger partial charge in [0, 0.05) is 12.2 Å². The second-order valence-corrected chi connectivity index (χ2v) is 8.99. The lowest BCUT2D eigenvalue weighted by Crippen LogP contribution is -2.32. The largest absolute Gasteiger partial charge is 0.485 e.